The smallest absolute Gasteiger partial charge is 0.225 e. The first-order chi connectivity index (χ1) is 9.36. The van der Waals surface area contributed by atoms with E-state index >= 15 is 0 Å². The van der Waals surface area contributed by atoms with Crippen LogP contribution in [0, 0.1) is 0 Å². The van der Waals surface area contributed by atoms with Crippen molar-refractivity contribution in [3.63, 3.8) is 0 Å². The van der Waals surface area contributed by atoms with Crippen LogP contribution in [0.5, 0.6) is 11.6 Å². The third-order valence-corrected chi connectivity index (χ3v) is 2.82. The fourth-order valence-electron chi connectivity index (χ4n) is 1.92. The molecule has 0 saturated carbocycles. The fourth-order valence-corrected chi connectivity index (χ4v) is 1.92. The normalized spacial score (nSPS) is 10.4. The van der Waals surface area contributed by atoms with E-state index in [1.807, 2.05) is 30.3 Å². The summed E-state index contributed by atoms with van der Waals surface area (Å²) in [6.07, 6.45) is 1.67. The molecule has 2 aromatic carbocycles. The van der Waals surface area contributed by atoms with Gasteiger partial charge in [-0.2, -0.15) is 4.98 Å². The molecular weight excluding hydrogens is 238 g/mol. The molecule has 0 radical (unpaired) electrons. The summed E-state index contributed by atoms with van der Waals surface area (Å²) in [4.78, 5) is 8.31. The largest absolute Gasteiger partial charge is 0.438 e. The highest BCUT2D eigenvalue weighted by Crippen LogP contribution is 2.28. The van der Waals surface area contributed by atoms with Gasteiger partial charge in [-0.15, -0.1) is 0 Å². The van der Waals surface area contributed by atoms with E-state index in [0.717, 1.165) is 16.5 Å². The lowest BCUT2D eigenvalue weighted by Gasteiger charge is -2.08. The average molecular weight is 251 g/mol. The van der Waals surface area contributed by atoms with Crippen molar-refractivity contribution in [1.29, 1.82) is 0 Å². The Labute approximate surface area is 111 Å². The third-order valence-electron chi connectivity index (χ3n) is 2.82. The number of rotatable bonds is 3. The molecule has 4 nitrogen and oxygen atoms in total. The first-order valence-corrected chi connectivity index (χ1v) is 6.03. The lowest BCUT2D eigenvalue weighted by molar-refractivity contribution is 0.467. The molecule has 0 spiro atoms. The van der Waals surface area contributed by atoms with Crippen LogP contribution in [0.1, 0.15) is 0 Å². The molecule has 1 aromatic heterocycles. The predicted molar refractivity (Wildman–Crippen MR) is 75.6 cm³/mol. The monoisotopic (exact) mass is 251 g/mol. The van der Waals surface area contributed by atoms with Gasteiger partial charge in [0.1, 0.15) is 5.75 Å². The van der Waals surface area contributed by atoms with Gasteiger partial charge in [0.2, 0.25) is 11.8 Å². The molecule has 0 saturated heterocycles. The van der Waals surface area contributed by atoms with Crippen LogP contribution >= 0.6 is 0 Å². The topological polar surface area (TPSA) is 47.0 Å². The molecular formula is C15H13N3O. The minimum Gasteiger partial charge on any atom is -0.438 e. The van der Waals surface area contributed by atoms with Crippen molar-refractivity contribution >= 4 is 16.7 Å². The van der Waals surface area contributed by atoms with Gasteiger partial charge in [-0.05, 0) is 11.5 Å². The minimum atomic E-state index is 0.524. The average Bonchev–Trinajstić information content (AvgIpc) is 2.48. The second-order valence-corrected chi connectivity index (χ2v) is 4.05. The van der Waals surface area contributed by atoms with Crippen molar-refractivity contribution in [1.82, 2.24) is 9.97 Å². The van der Waals surface area contributed by atoms with Crippen molar-refractivity contribution < 1.29 is 4.74 Å². The number of benzene rings is 2. The van der Waals surface area contributed by atoms with Crippen molar-refractivity contribution in [2.45, 2.75) is 0 Å². The summed E-state index contributed by atoms with van der Waals surface area (Å²) in [7, 11) is 1.77. The van der Waals surface area contributed by atoms with Crippen LogP contribution in [0.4, 0.5) is 5.95 Å². The van der Waals surface area contributed by atoms with E-state index in [9.17, 15) is 0 Å². The van der Waals surface area contributed by atoms with Gasteiger partial charge in [0.25, 0.3) is 0 Å². The summed E-state index contributed by atoms with van der Waals surface area (Å²) in [5, 5.41) is 5.09. The van der Waals surface area contributed by atoms with Gasteiger partial charge in [-0.1, -0.05) is 36.4 Å². The Kier molecular flexibility index (Phi) is 2.98. The highest BCUT2D eigenvalue weighted by atomic mass is 16.5. The van der Waals surface area contributed by atoms with E-state index in [-0.39, 0.29) is 0 Å². The summed E-state index contributed by atoms with van der Waals surface area (Å²) in [6, 6.07) is 15.8. The van der Waals surface area contributed by atoms with Gasteiger partial charge in [-0.25, -0.2) is 4.98 Å². The molecule has 0 aliphatic heterocycles. The number of hydrogen-bond donors (Lipinski definition) is 1. The molecule has 0 aliphatic rings. The van der Waals surface area contributed by atoms with Gasteiger partial charge < -0.3 is 10.1 Å². The Morgan fingerprint density at radius 3 is 2.74 bits per heavy atom. The van der Waals surface area contributed by atoms with Crippen LogP contribution in [-0.4, -0.2) is 17.0 Å². The van der Waals surface area contributed by atoms with E-state index in [2.05, 4.69) is 27.4 Å². The lowest BCUT2D eigenvalue weighted by atomic mass is 10.1. The maximum absolute atomic E-state index is 5.84. The maximum atomic E-state index is 5.84. The molecule has 0 aliphatic carbocycles. The SMILES string of the molecule is CNc1nccc(Oc2cccc3ccccc23)n1. The van der Waals surface area contributed by atoms with Crippen molar-refractivity contribution in [2.24, 2.45) is 0 Å². The molecule has 0 amide bonds. The van der Waals surface area contributed by atoms with Crippen molar-refractivity contribution in [2.75, 3.05) is 12.4 Å². The van der Waals surface area contributed by atoms with Gasteiger partial charge in [-0.3, -0.25) is 0 Å². The quantitative estimate of drug-likeness (QED) is 0.774. The Hall–Kier alpha value is -2.62. The summed E-state index contributed by atoms with van der Waals surface area (Å²) in [6.45, 7) is 0. The van der Waals surface area contributed by atoms with Crippen molar-refractivity contribution in [3.05, 3.63) is 54.7 Å². The second-order valence-electron chi connectivity index (χ2n) is 4.05. The highest BCUT2D eigenvalue weighted by Gasteiger charge is 2.04. The molecule has 0 bridgehead atoms. The molecule has 4 heteroatoms. The molecule has 0 fully saturated rings. The van der Waals surface area contributed by atoms with Crippen LogP contribution in [-0.2, 0) is 0 Å². The minimum absolute atomic E-state index is 0.524. The number of nitrogens with zero attached hydrogens (tertiary/aromatic N) is 2. The number of nitrogens with one attached hydrogen (secondary N) is 1. The van der Waals surface area contributed by atoms with Crippen LogP contribution in [0.2, 0.25) is 0 Å². The Morgan fingerprint density at radius 1 is 1.00 bits per heavy atom. The number of anilines is 1. The summed E-state index contributed by atoms with van der Waals surface area (Å²) in [5.74, 6) is 1.85. The number of ether oxygens (including phenoxy) is 1. The zero-order valence-corrected chi connectivity index (χ0v) is 10.5. The van der Waals surface area contributed by atoms with Gasteiger partial charge in [0.05, 0.1) is 0 Å². The Morgan fingerprint density at radius 2 is 1.84 bits per heavy atom. The molecule has 3 aromatic rings. The van der Waals surface area contributed by atoms with Crippen molar-refractivity contribution in [3.8, 4) is 11.6 Å². The van der Waals surface area contributed by atoms with Crippen LogP contribution in [0.25, 0.3) is 10.8 Å². The zero-order valence-electron chi connectivity index (χ0n) is 10.5. The number of aromatic nitrogens is 2. The second kappa shape index (κ2) is 4.94. The first-order valence-electron chi connectivity index (χ1n) is 6.03. The molecule has 1 heterocycles. The van der Waals surface area contributed by atoms with E-state index in [1.54, 1.807) is 19.3 Å². The van der Waals surface area contributed by atoms with Crippen LogP contribution in [0.3, 0.4) is 0 Å². The molecule has 3 rings (SSSR count). The van der Waals surface area contributed by atoms with E-state index in [4.69, 9.17) is 4.74 Å². The summed E-state index contributed by atoms with van der Waals surface area (Å²) < 4.78 is 5.84. The van der Waals surface area contributed by atoms with E-state index in [0.29, 0.717) is 11.8 Å². The molecule has 19 heavy (non-hydrogen) atoms. The molecule has 0 unspecified atom stereocenters. The summed E-state index contributed by atoms with van der Waals surface area (Å²) >= 11 is 0. The molecule has 0 atom stereocenters. The maximum Gasteiger partial charge on any atom is 0.225 e. The predicted octanol–water partition coefficient (Wildman–Crippen LogP) is 3.46. The lowest BCUT2D eigenvalue weighted by Crippen LogP contribution is -1.97. The Bertz CT molecular complexity index is 707. The standard InChI is InChI=1S/C15H13N3O/c1-16-15-17-10-9-14(18-15)19-13-8-4-6-11-5-2-3-7-12(11)13/h2-10H,1H3,(H,16,17,18). The van der Waals surface area contributed by atoms with E-state index < -0.39 is 0 Å². The highest BCUT2D eigenvalue weighted by molar-refractivity contribution is 5.88. The Balaban J connectivity index is 2.01. The summed E-state index contributed by atoms with van der Waals surface area (Å²) in [5.41, 5.74) is 0. The molecule has 1 N–H and O–H groups in total. The van der Waals surface area contributed by atoms with Crippen LogP contribution in [0.15, 0.2) is 54.7 Å². The van der Waals surface area contributed by atoms with E-state index in [1.165, 1.54) is 0 Å². The fraction of sp³-hybridized carbons (Fsp3) is 0.0667. The zero-order chi connectivity index (χ0) is 13.1. The number of fused-ring (bicyclic) bond motifs is 1. The first kappa shape index (κ1) is 11.5. The van der Waals surface area contributed by atoms with Gasteiger partial charge >= 0.3 is 0 Å². The third kappa shape index (κ3) is 2.33. The number of hydrogen-bond acceptors (Lipinski definition) is 4. The van der Waals surface area contributed by atoms with Crippen LogP contribution < -0.4 is 10.1 Å². The molecule has 94 valence electrons. The van der Waals surface area contributed by atoms with Gasteiger partial charge in [0, 0.05) is 24.7 Å². The van der Waals surface area contributed by atoms with Gasteiger partial charge in [0.15, 0.2) is 0 Å².